The minimum absolute atomic E-state index is 0. The Kier molecular flexibility index (Phi) is 10.2. The number of piperidine rings is 1. The quantitative estimate of drug-likeness (QED) is 0.320. The zero-order valence-corrected chi connectivity index (χ0v) is 21.2. The number of hydrogen-bond donors (Lipinski definition) is 2. The number of benzene rings is 1. The van der Waals surface area contributed by atoms with Gasteiger partial charge in [0.15, 0.2) is 5.96 Å². The zero-order chi connectivity index (χ0) is 21.3. The van der Waals surface area contributed by atoms with Gasteiger partial charge in [-0.2, -0.15) is 0 Å². The number of anilines is 1. The summed E-state index contributed by atoms with van der Waals surface area (Å²) in [5.41, 5.74) is 3.68. The molecule has 7 nitrogen and oxygen atoms in total. The zero-order valence-electron chi connectivity index (χ0n) is 18.9. The minimum atomic E-state index is 0. The normalized spacial score (nSPS) is 14.6. The number of guanidine groups is 1. The molecule has 1 saturated heterocycles. The molecule has 0 unspecified atom stereocenters. The monoisotopic (exact) mass is 539 g/mol. The van der Waals surface area contributed by atoms with Crippen LogP contribution in [0.4, 0.5) is 5.69 Å². The van der Waals surface area contributed by atoms with Crippen molar-refractivity contribution >= 4 is 35.6 Å². The molecule has 2 aromatic rings. The van der Waals surface area contributed by atoms with E-state index in [1.165, 1.54) is 11.1 Å². The van der Waals surface area contributed by atoms with Gasteiger partial charge in [0.05, 0.1) is 14.2 Å². The molecule has 1 aliphatic rings. The number of aromatic nitrogens is 1. The minimum Gasteiger partial charge on any atom is -0.497 e. The standard InChI is InChI=1S/C23H33N5O2.HI/c1-17-16-25-9-5-18(17)6-10-26-23(24-2)27-19-7-11-28(12-8-19)20-13-21(29-3)15-22(14-20)30-4;/h5,9,13-16,19H,6-8,10-12H2,1-4H3,(H2,24,26,27);1H. The maximum Gasteiger partial charge on any atom is 0.191 e. The highest BCUT2D eigenvalue weighted by atomic mass is 127. The molecule has 0 aliphatic carbocycles. The van der Waals surface area contributed by atoms with Crippen LogP contribution in [0.15, 0.2) is 41.7 Å². The Morgan fingerprint density at radius 3 is 2.42 bits per heavy atom. The Morgan fingerprint density at radius 1 is 1.16 bits per heavy atom. The van der Waals surface area contributed by atoms with Crippen molar-refractivity contribution in [1.29, 1.82) is 0 Å². The largest absolute Gasteiger partial charge is 0.497 e. The third-order valence-electron chi connectivity index (χ3n) is 5.58. The average molecular weight is 539 g/mol. The van der Waals surface area contributed by atoms with Crippen molar-refractivity contribution in [2.45, 2.75) is 32.2 Å². The highest BCUT2D eigenvalue weighted by molar-refractivity contribution is 14.0. The summed E-state index contributed by atoms with van der Waals surface area (Å²) in [4.78, 5) is 10.9. The smallest absolute Gasteiger partial charge is 0.191 e. The van der Waals surface area contributed by atoms with Crippen LogP contribution in [0, 0.1) is 6.92 Å². The molecule has 0 radical (unpaired) electrons. The van der Waals surface area contributed by atoms with Crippen LogP contribution in [0.3, 0.4) is 0 Å². The van der Waals surface area contributed by atoms with E-state index in [0.717, 1.165) is 62.0 Å². The lowest BCUT2D eigenvalue weighted by Gasteiger charge is -2.34. The fourth-order valence-corrected chi connectivity index (χ4v) is 3.74. The molecule has 0 saturated carbocycles. The summed E-state index contributed by atoms with van der Waals surface area (Å²) >= 11 is 0. The SMILES string of the molecule is CN=C(NCCc1ccncc1C)NC1CCN(c2cc(OC)cc(OC)c2)CC1.I. The molecule has 31 heavy (non-hydrogen) atoms. The van der Waals surface area contributed by atoms with Gasteiger partial charge in [-0.25, -0.2) is 0 Å². The molecule has 1 aromatic heterocycles. The van der Waals surface area contributed by atoms with E-state index < -0.39 is 0 Å². The van der Waals surface area contributed by atoms with Crippen molar-refractivity contribution < 1.29 is 9.47 Å². The third-order valence-corrected chi connectivity index (χ3v) is 5.58. The third kappa shape index (κ3) is 7.15. The first-order valence-corrected chi connectivity index (χ1v) is 10.5. The van der Waals surface area contributed by atoms with E-state index in [9.17, 15) is 0 Å². The molecular weight excluding hydrogens is 505 g/mol. The number of ether oxygens (including phenoxy) is 2. The number of halogens is 1. The summed E-state index contributed by atoms with van der Waals surface area (Å²) in [5, 5.41) is 7.01. The molecule has 0 bridgehead atoms. The molecule has 0 spiro atoms. The molecule has 8 heteroatoms. The van der Waals surface area contributed by atoms with Gasteiger partial charge in [0.1, 0.15) is 11.5 Å². The van der Waals surface area contributed by atoms with E-state index in [-0.39, 0.29) is 24.0 Å². The molecule has 2 N–H and O–H groups in total. The van der Waals surface area contributed by atoms with Crippen molar-refractivity contribution in [3.05, 3.63) is 47.8 Å². The van der Waals surface area contributed by atoms with E-state index in [2.05, 4.69) is 50.6 Å². The topological polar surface area (TPSA) is 71.0 Å². The lowest BCUT2D eigenvalue weighted by atomic mass is 10.0. The fraction of sp³-hybridized carbons (Fsp3) is 0.478. The van der Waals surface area contributed by atoms with Crippen LogP contribution in [0.5, 0.6) is 11.5 Å². The summed E-state index contributed by atoms with van der Waals surface area (Å²) < 4.78 is 10.8. The molecule has 1 aliphatic heterocycles. The van der Waals surface area contributed by atoms with E-state index in [4.69, 9.17) is 9.47 Å². The van der Waals surface area contributed by atoms with Gasteiger partial charge in [-0.1, -0.05) is 0 Å². The predicted octanol–water partition coefficient (Wildman–Crippen LogP) is 3.40. The van der Waals surface area contributed by atoms with E-state index in [0.29, 0.717) is 6.04 Å². The number of pyridine rings is 1. The van der Waals surface area contributed by atoms with E-state index >= 15 is 0 Å². The number of nitrogens with one attached hydrogen (secondary N) is 2. The lowest BCUT2D eigenvalue weighted by Crippen LogP contribution is -2.49. The Bertz CT molecular complexity index is 831. The van der Waals surface area contributed by atoms with Gasteiger partial charge in [0, 0.05) is 69.0 Å². The van der Waals surface area contributed by atoms with Gasteiger partial charge in [0.25, 0.3) is 0 Å². The highest BCUT2D eigenvalue weighted by Gasteiger charge is 2.21. The molecule has 0 atom stereocenters. The number of nitrogens with zero attached hydrogens (tertiary/aromatic N) is 3. The Balaban J connectivity index is 0.00000341. The second-order valence-corrected chi connectivity index (χ2v) is 7.53. The molecule has 2 heterocycles. The van der Waals surface area contributed by atoms with Gasteiger partial charge >= 0.3 is 0 Å². The second-order valence-electron chi connectivity index (χ2n) is 7.53. The molecule has 170 valence electrons. The van der Waals surface area contributed by atoms with Crippen molar-refractivity contribution in [2.75, 3.05) is 45.8 Å². The first-order chi connectivity index (χ1) is 14.6. The number of methoxy groups -OCH3 is 2. The van der Waals surface area contributed by atoms with E-state index in [1.54, 1.807) is 14.2 Å². The van der Waals surface area contributed by atoms with Crippen LogP contribution in [0.2, 0.25) is 0 Å². The maximum atomic E-state index is 5.41. The first-order valence-electron chi connectivity index (χ1n) is 10.5. The summed E-state index contributed by atoms with van der Waals surface area (Å²) in [5.74, 6) is 2.50. The Hall–Kier alpha value is -2.23. The summed E-state index contributed by atoms with van der Waals surface area (Å²) in [7, 11) is 5.19. The molecule has 1 aromatic carbocycles. The average Bonchev–Trinajstić information content (AvgIpc) is 2.79. The van der Waals surface area contributed by atoms with Gasteiger partial charge in [0.2, 0.25) is 0 Å². The van der Waals surface area contributed by atoms with Crippen molar-refractivity contribution in [1.82, 2.24) is 15.6 Å². The molecule has 3 rings (SSSR count). The van der Waals surface area contributed by atoms with Crippen LogP contribution in [-0.2, 0) is 6.42 Å². The van der Waals surface area contributed by atoms with Crippen LogP contribution in [0.1, 0.15) is 24.0 Å². The van der Waals surface area contributed by atoms with Crippen LogP contribution >= 0.6 is 24.0 Å². The van der Waals surface area contributed by atoms with Crippen LogP contribution < -0.4 is 25.0 Å². The van der Waals surface area contributed by atoms with Gasteiger partial charge in [-0.3, -0.25) is 9.98 Å². The highest BCUT2D eigenvalue weighted by Crippen LogP contribution is 2.30. The van der Waals surface area contributed by atoms with Gasteiger partial charge in [-0.15, -0.1) is 24.0 Å². The first kappa shape index (κ1) is 25.0. The fourth-order valence-electron chi connectivity index (χ4n) is 3.74. The summed E-state index contributed by atoms with van der Waals surface area (Å²) in [6.45, 7) is 4.89. The molecule has 0 amide bonds. The number of aryl methyl sites for hydroxylation is 1. The van der Waals surface area contributed by atoms with Crippen molar-refractivity contribution in [3.63, 3.8) is 0 Å². The number of hydrogen-bond acceptors (Lipinski definition) is 5. The van der Waals surface area contributed by atoms with E-state index in [1.807, 2.05) is 25.5 Å². The Labute approximate surface area is 202 Å². The second kappa shape index (κ2) is 12.6. The molecular formula is C23H34IN5O2. The van der Waals surface area contributed by atoms with Crippen molar-refractivity contribution in [3.8, 4) is 11.5 Å². The number of aliphatic imine (C=N–C) groups is 1. The predicted molar refractivity (Wildman–Crippen MR) is 137 cm³/mol. The van der Waals surface area contributed by atoms with Gasteiger partial charge in [-0.05, 0) is 43.4 Å². The van der Waals surface area contributed by atoms with Crippen LogP contribution in [0.25, 0.3) is 0 Å². The van der Waals surface area contributed by atoms with Crippen molar-refractivity contribution in [2.24, 2.45) is 4.99 Å². The van der Waals surface area contributed by atoms with Gasteiger partial charge < -0.3 is 25.0 Å². The summed E-state index contributed by atoms with van der Waals surface area (Å²) in [6.07, 6.45) is 6.80. The molecule has 1 fully saturated rings. The lowest BCUT2D eigenvalue weighted by molar-refractivity contribution is 0.393. The van der Waals surface area contributed by atoms with Crippen LogP contribution in [-0.4, -0.2) is 57.9 Å². The Morgan fingerprint density at radius 2 is 1.84 bits per heavy atom. The number of rotatable bonds is 7. The maximum absolute atomic E-state index is 5.41. The summed E-state index contributed by atoms with van der Waals surface area (Å²) in [6, 6.07) is 8.52.